The fraction of sp³-hybridized carbons (Fsp3) is 0.900. The van der Waals surface area contributed by atoms with Gasteiger partial charge >= 0.3 is 0 Å². The van der Waals surface area contributed by atoms with E-state index in [4.69, 9.17) is 11.0 Å². The van der Waals surface area contributed by atoms with Crippen molar-refractivity contribution in [1.82, 2.24) is 4.90 Å². The van der Waals surface area contributed by atoms with Gasteiger partial charge in [0.15, 0.2) is 0 Å². The van der Waals surface area contributed by atoms with Crippen LogP contribution in [0, 0.1) is 17.2 Å². The fourth-order valence-electron chi connectivity index (χ4n) is 1.43. The number of rotatable bonds is 6. The van der Waals surface area contributed by atoms with Crippen LogP contribution in [0.1, 0.15) is 26.2 Å². The molecule has 13 heavy (non-hydrogen) atoms. The maximum atomic E-state index is 8.52. The fourth-order valence-corrected chi connectivity index (χ4v) is 1.43. The Hall–Kier alpha value is -0.590. The zero-order valence-corrected chi connectivity index (χ0v) is 8.37. The van der Waals surface area contributed by atoms with Crippen LogP contribution in [0.4, 0.5) is 0 Å². The highest BCUT2D eigenvalue weighted by atomic mass is 15.1. The maximum Gasteiger partial charge on any atom is 0.0940 e. The summed E-state index contributed by atoms with van der Waals surface area (Å²) in [4.78, 5) is 2.40. The normalized spacial score (nSPS) is 18.6. The number of hydrogen-bond acceptors (Lipinski definition) is 3. The van der Waals surface area contributed by atoms with Gasteiger partial charge in [0.05, 0.1) is 12.1 Å². The van der Waals surface area contributed by atoms with E-state index in [1.165, 1.54) is 19.4 Å². The van der Waals surface area contributed by atoms with Crippen molar-refractivity contribution in [2.24, 2.45) is 11.7 Å². The Balaban J connectivity index is 2.11. The minimum Gasteiger partial charge on any atom is -0.316 e. The lowest BCUT2D eigenvalue weighted by Crippen LogP contribution is -2.31. The standard InChI is InChI=1S/C10H19N3/c1-2-13(8-9-3-4-9)6-5-10(12)7-11/h9-10H,2-6,8,12H2,1H3. The molecule has 1 atom stereocenters. The zero-order valence-electron chi connectivity index (χ0n) is 8.37. The van der Waals surface area contributed by atoms with Gasteiger partial charge in [0.1, 0.15) is 0 Å². The van der Waals surface area contributed by atoms with Gasteiger partial charge in [-0.1, -0.05) is 6.92 Å². The molecule has 1 aliphatic rings. The summed E-state index contributed by atoms with van der Waals surface area (Å²) < 4.78 is 0. The van der Waals surface area contributed by atoms with Crippen molar-refractivity contribution >= 4 is 0 Å². The third-order valence-electron chi connectivity index (χ3n) is 2.58. The van der Waals surface area contributed by atoms with Crippen LogP contribution in [0.2, 0.25) is 0 Å². The molecule has 1 saturated carbocycles. The van der Waals surface area contributed by atoms with Crippen molar-refractivity contribution < 1.29 is 0 Å². The molecule has 0 amide bonds. The van der Waals surface area contributed by atoms with Crippen molar-refractivity contribution in [3.63, 3.8) is 0 Å². The summed E-state index contributed by atoms with van der Waals surface area (Å²) in [6, 6.07) is 1.78. The lowest BCUT2D eigenvalue weighted by Gasteiger charge is -2.20. The van der Waals surface area contributed by atoms with Gasteiger partial charge in [0.2, 0.25) is 0 Å². The first-order valence-electron chi connectivity index (χ1n) is 5.13. The average Bonchev–Trinajstić information content (AvgIpc) is 2.95. The summed E-state index contributed by atoms with van der Waals surface area (Å²) >= 11 is 0. The average molecular weight is 181 g/mol. The Morgan fingerprint density at radius 2 is 2.31 bits per heavy atom. The Kier molecular flexibility index (Phi) is 4.20. The number of hydrogen-bond donors (Lipinski definition) is 1. The summed E-state index contributed by atoms with van der Waals surface area (Å²) in [7, 11) is 0. The molecule has 0 aliphatic heterocycles. The van der Waals surface area contributed by atoms with Gasteiger partial charge in [-0.3, -0.25) is 0 Å². The van der Waals surface area contributed by atoms with Crippen molar-refractivity contribution in [1.29, 1.82) is 5.26 Å². The van der Waals surface area contributed by atoms with E-state index in [1.807, 2.05) is 0 Å². The van der Waals surface area contributed by atoms with E-state index in [1.54, 1.807) is 0 Å². The molecule has 1 aliphatic carbocycles. The predicted molar refractivity (Wildman–Crippen MR) is 53.0 cm³/mol. The van der Waals surface area contributed by atoms with E-state index in [0.29, 0.717) is 0 Å². The van der Waals surface area contributed by atoms with E-state index in [-0.39, 0.29) is 6.04 Å². The summed E-state index contributed by atoms with van der Waals surface area (Å²) in [6.07, 6.45) is 3.58. The second-order valence-corrected chi connectivity index (χ2v) is 3.86. The van der Waals surface area contributed by atoms with Gasteiger partial charge in [-0.15, -0.1) is 0 Å². The van der Waals surface area contributed by atoms with Gasteiger partial charge in [-0.2, -0.15) is 5.26 Å². The van der Waals surface area contributed by atoms with Gasteiger partial charge in [0, 0.05) is 13.1 Å². The SMILES string of the molecule is CCN(CCC(N)C#N)CC1CC1. The third kappa shape index (κ3) is 4.25. The quantitative estimate of drug-likeness (QED) is 0.664. The molecule has 0 bridgehead atoms. The first kappa shape index (κ1) is 10.5. The minimum atomic E-state index is -0.284. The van der Waals surface area contributed by atoms with Crippen LogP contribution in [0.5, 0.6) is 0 Å². The van der Waals surface area contributed by atoms with Crippen molar-refractivity contribution in [3.05, 3.63) is 0 Å². The van der Waals surface area contributed by atoms with E-state index >= 15 is 0 Å². The van der Waals surface area contributed by atoms with E-state index in [0.717, 1.165) is 25.4 Å². The topological polar surface area (TPSA) is 53.0 Å². The van der Waals surface area contributed by atoms with Crippen LogP contribution in [0.15, 0.2) is 0 Å². The smallest absolute Gasteiger partial charge is 0.0940 e. The van der Waals surface area contributed by atoms with Crippen LogP contribution in [-0.2, 0) is 0 Å². The molecule has 0 radical (unpaired) electrons. The van der Waals surface area contributed by atoms with Gasteiger partial charge in [-0.25, -0.2) is 0 Å². The minimum absolute atomic E-state index is 0.284. The van der Waals surface area contributed by atoms with Gasteiger partial charge in [0.25, 0.3) is 0 Å². The van der Waals surface area contributed by atoms with Crippen LogP contribution < -0.4 is 5.73 Å². The second kappa shape index (κ2) is 5.21. The first-order valence-corrected chi connectivity index (χ1v) is 5.13. The molecule has 3 nitrogen and oxygen atoms in total. The lowest BCUT2D eigenvalue weighted by atomic mass is 10.2. The number of nitriles is 1. The molecule has 0 heterocycles. The molecule has 0 aromatic heterocycles. The molecule has 0 spiro atoms. The van der Waals surface area contributed by atoms with Crippen molar-refractivity contribution in [2.45, 2.75) is 32.2 Å². The highest BCUT2D eigenvalue weighted by Crippen LogP contribution is 2.29. The highest BCUT2D eigenvalue weighted by molar-refractivity contribution is 4.87. The number of nitrogens with zero attached hydrogens (tertiary/aromatic N) is 2. The van der Waals surface area contributed by atoms with Gasteiger partial charge < -0.3 is 10.6 Å². The van der Waals surface area contributed by atoms with Crippen molar-refractivity contribution in [2.75, 3.05) is 19.6 Å². The van der Waals surface area contributed by atoms with E-state index in [9.17, 15) is 0 Å². The van der Waals surface area contributed by atoms with E-state index in [2.05, 4.69) is 17.9 Å². The van der Waals surface area contributed by atoms with Crippen molar-refractivity contribution in [3.8, 4) is 6.07 Å². The third-order valence-corrected chi connectivity index (χ3v) is 2.58. The summed E-state index contributed by atoms with van der Waals surface area (Å²) in [5, 5.41) is 8.52. The molecule has 74 valence electrons. The van der Waals surface area contributed by atoms with Gasteiger partial charge in [-0.05, 0) is 31.7 Å². The Morgan fingerprint density at radius 3 is 2.77 bits per heavy atom. The van der Waals surface area contributed by atoms with E-state index < -0.39 is 0 Å². The monoisotopic (exact) mass is 181 g/mol. The molecular weight excluding hydrogens is 162 g/mol. The largest absolute Gasteiger partial charge is 0.316 e. The number of nitrogens with two attached hydrogens (primary N) is 1. The highest BCUT2D eigenvalue weighted by Gasteiger charge is 2.23. The Labute approximate surface area is 80.5 Å². The maximum absolute atomic E-state index is 8.52. The Bertz CT molecular complexity index is 181. The van der Waals surface area contributed by atoms with Crippen LogP contribution in [0.3, 0.4) is 0 Å². The first-order chi connectivity index (χ1) is 6.26. The summed E-state index contributed by atoms with van der Waals surface area (Å²) in [6.45, 7) is 5.42. The molecular formula is C10H19N3. The molecule has 1 fully saturated rings. The summed E-state index contributed by atoms with van der Waals surface area (Å²) in [5.41, 5.74) is 5.53. The van der Waals surface area contributed by atoms with Crippen LogP contribution >= 0.6 is 0 Å². The molecule has 0 aromatic carbocycles. The Morgan fingerprint density at radius 1 is 1.62 bits per heavy atom. The molecule has 1 unspecified atom stereocenters. The molecule has 3 heteroatoms. The molecule has 2 N–H and O–H groups in total. The second-order valence-electron chi connectivity index (χ2n) is 3.86. The summed E-state index contributed by atoms with van der Waals surface area (Å²) in [5.74, 6) is 0.929. The zero-order chi connectivity index (χ0) is 9.68. The molecule has 0 saturated heterocycles. The van der Waals surface area contributed by atoms with Crippen LogP contribution in [0.25, 0.3) is 0 Å². The molecule has 1 rings (SSSR count). The molecule has 0 aromatic rings. The van der Waals surface area contributed by atoms with Crippen LogP contribution in [-0.4, -0.2) is 30.6 Å². The predicted octanol–water partition coefficient (Wildman–Crippen LogP) is 0.959. The lowest BCUT2D eigenvalue weighted by molar-refractivity contribution is 0.270.